The van der Waals surface area contributed by atoms with Gasteiger partial charge in [-0.3, -0.25) is 9.69 Å². The van der Waals surface area contributed by atoms with Crippen molar-refractivity contribution in [1.29, 1.82) is 0 Å². The van der Waals surface area contributed by atoms with Gasteiger partial charge in [0.25, 0.3) is 0 Å². The normalized spacial score (nSPS) is 11.2. The van der Waals surface area contributed by atoms with Crippen LogP contribution in [0.4, 0.5) is 0 Å². The number of carboxylic acids is 1. The van der Waals surface area contributed by atoms with Gasteiger partial charge < -0.3 is 5.11 Å². The molecular formula is C15H23NO2. The lowest BCUT2D eigenvalue weighted by Gasteiger charge is -2.27. The molecule has 1 aromatic rings. The number of hydrogen-bond donors (Lipinski definition) is 1. The van der Waals surface area contributed by atoms with Gasteiger partial charge in [-0.05, 0) is 44.9 Å². The van der Waals surface area contributed by atoms with Crippen LogP contribution < -0.4 is 0 Å². The van der Waals surface area contributed by atoms with Gasteiger partial charge in [0.15, 0.2) is 0 Å². The fraction of sp³-hybridized carbons (Fsp3) is 0.533. The van der Waals surface area contributed by atoms with Gasteiger partial charge in [0, 0.05) is 19.0 Å². The van der Waals surface area contributed by atoms with Gasteiger partial charge in [-0.2, -0.15) is 0 Å². The van der Waals surface area contributed by atoms with Crippen LogP contribution >= 0.6 is 0 Å². The highest BCUT2D eigenvalue weighted by molar-refractivity contribution is 5.66. The van der Waals surface area contributed by atoms with Crippen LogP contribution in [0.1, 0.15) is 37.8 Å². The van der Waals surface area contributed by atoms with Crippen molar-refractivity contribution >= 4 is 5.97 Å². The van der Waals surface area contributed by atoms with Gasteiger partial charge in [0.2, 0.25) is 0 Å². The Morgan fingerprint density at radius 1 is 1.33 bits per heavy atom. The van der Waals surface area contributed by atoms with E-state index in [1.807, 2.05) is 6.07 Å². The average Bonchev–Trinajstić information content (AvgIpc) is 2.29. The molecule has 0 heterocycles. The molecule has 1 N–H and O–H groups in total. The van der Waals surface area contributed by atoms with Crippen molar-refractivity contribution in [2.75, 3.05) is 6.54 Å². The summed E-state index contributed by atoms with van der Waals surface area (Å²) >= 11 is 0. The zero-order valence-electron chi connectivity index (χ0n) is 11.5. The van der Waals surface area contributed by atoms with Gasteiger partial charge in [-0.1, -0.05) is 24.3 Å². The first-order chi connectivity index (χ1) is 8.50. The molecule has 0 bridgehead atoms. The maximum absolute atomic E-state index is 10.5. The maximum Gasteiger partial charge on any atom is 0.303 e. The number of hydrogen-bond acceptors (Lipinski definition) is 2. The lowest BCUT2D eigenvalue weighted by molar-refractivity contribution is -0.137. The van der Waals surface area contributed by atoms with Crippen molar-refractivity contribution in [3.63, 3.8) is 0 Å². The monoisotopic (exact) mass is 249 g/mol. The third kappa shape index (κ3) is 4.88. The molecule has 18 heavy (non-hydrogen) atoms. The minimum atomic E-state index is -0.713. The summed E-state index contributed by atoms with van der Waals surface area (Å²) in [4.78, 5) is 12.9. The highest BCUT2D eigenvalue weighted by atomic mass is 16.4. The molecule has 0 spiro atoms. The predicted octanol–water partition coefficient (Wildman–Crippen LogP) is 3.07. The van der Waals surface area contributed by atoms with Gasteiger partial charge in [-0.15, -0.1) is 0 Å². The number of carbonyl (C=O) groups is 1. The smallest absolute Gasteiger partial charge is 0.303 e. The molecule has 1 rings (SSSR count). The van der Waals surface area contributed by atoms with Crippen molar-refractivity contribution < 1.29 is 9.90 Å². The third-order valence-electron chi connectivity index (χ3n) is 3.20. The van der Waals surface area contributed by atoms with E-state index in [2.05, 4.69) is 43.9 Å². The van der Waals surface area contributed by atoms with Crippen LogP contribution in [0, 0.1) is 6.92 Å². The SMILES string of the molecule is Cc1ccccc1CN(CCCC(=O)O)C(C)C. The Morgan fingerprint density at radius 3 is 2.56 bits per heavy atom. The Kier molecular flexibility index (Phi) is 5.86. The number of aryl methyl sites for hydroxylation is 1. The quantitative estimate of drug-likeness (QED) is 0.807. The van der Waals surface area contributed by atoms with Crippen LogP contribution in [-0.2, 0) is 11.3 Å². The standard InChI is InChI=1S/C15H23NO2/c1-12(2)16(10-6-9-15(17)18)11-14-8-5-4-7-13(14)3/h4-5,7-8,12H,6,9-11H2,1-3H3,(H,17,18). The van der Waals surface area contributed by atoms with E-state index in [1.165, 1.54) is 11.1 Å². The zero-order valence-corrected chi connectivity index (χ0v) is 11.5. The molecule has 0 saturated carbocycles. The molecule has 0 fully saturated rings. The van der Waals surface area contributed by atoms with Crippen molar-refractivity contribution in [2.45, 2.75) is 46.2 Å². The first-order valence-electron chi connectivity index (χ1n) is 6.51. The second kappa shape index (κ2) is 7.17. The third-order valence-corrected chi connectivity index (χ3v) is 3.20. The van der Waals surface area contributed by atoms with Crippen molar-refractivity contribution in [1.82, 2.24) is 4.90 Å². The first kappa shape index (κ1) is 14.7. The molecule has 1 aromatic carbocycles. The van der Waals surface area contributed by atoms with E-state index in [0.29, 0.717) is 12.5 Å². The minimum absolute atomic E-state index is 0.247. The second-order valence-electron chi connectivity index (χ2n) is 4.99. The van der Waals surface area contributed by atoms with E-state index in [0.717, 1.165) is 13.1 Å². The summed E-state index contributed by atoms with van der Waals surface area (Å²) in [5.41, 5.74) is 2.61. The highest BCUT2D eigenvalue weighted by Crippen LogP contribution is 2.13. The molecule has 3 heteroatoms. The predicted molar refractivity (Wildman–Crippen MR) is 73.6 cm³/mol. The summed E-state index contributed by atoms with van der Waals surface area (Å²) in [6, 6.07) is 8.78. The van der Waals surface area contributed by atoms with E-state index >= 15 is 0 Å². The Balaban J connectivity index is 2.58. The Bertz CT molecular complexity index is 388. The summed E-state index contributed by atoms with van der Waals surface area (Å²) < 4.78 is 0. The number of rotatable bonds is 7. The van der Waals surface area contributed by atoms with Gasteiger partial charge in [-0.25, -0.2) is 0 Å². The van der Waals surface area contributed by atoms with Crippen LogP contribution in [0.2, 0.25) is 0 Å². The summed E-state index contributed by atoms with van der Waals surface area (Å²) in [5, 5.41) is 8.68. The molecule has 0 unspecified atom stereocenters. The molecule has 0 aliphatic heterocycles. The summed E-state index contributed by atoms with van der Waals surface area (Å²) in [6.07, 6.45) is 0.955. The number of aliphatic carboxylic acids is 1. The van der Waals surface area contributed by atoms with Crippen molar-refractivity contribution in [3.8, 4) is 0 Å². The lowest BCUT2D eigenvalue weighted by atomic mass is 10.1. The molecule has 0 atom stereocenters. The highest BCUT2D eigenvalue weighted by Gasteiger charge is 2.11. The molecule has 0 saturated heterocycles. The molecule has 100 valence electrons. The zero-order chi connectivity index (χ0) is 13.5. The Morgan fingerprint density at radius 2 is 2.00 bits per heavy atom. The molecule has 0 radical (unpaired) electrons. The lowest BCUT2D eigenvalue weighted by Crippen LogP contribution is -2.31. The van der Waals surface area contributed by atoms with Crippen LogP contribution in [0.3, 0.4) is 0 Å². The molecule has 0 amide bonds. The van der Waals surface area contributed by atoms with Crippen LogP contribution in [0.25, 0.3) is 0 Å². The summed E-state index contributed by atoms with van der Waals surface area (Å²) in [7, 11) is 0. The average molecular weight is 249 g/mol. The number of nitrogens with zero attached hydrogens (tertiary/aromatic N) is 1. The van der Waals surface area contributed by atoms with E-state index in [1.54, 1.807) is 0 Å². The molecule has 0 aromatic heterocycles. The minimum Gasteiger partial charge on any atom is -0.481 e. The topological polar surface area (TPSA) is 40.5 Å². The largest absolute Gasteiger partial charge is 0.481 e. The molecule has 0 aliphatic rings. The fourth-order valence-corrected chi connectivity index (χ4v) is 1.96. The van der Waals surface area contributed by atoms with Gasteiger partial charge in [0.1, 0.15) is 0 Å². The maximum atomic E-state index is 10.5. The number of carboxylic acid groups (broad SMARTS) is 1. The molecule has 0 aliphatic carbocycles. The fourth-order valence-electron chi connectivity index (χ4n) is 1.96. The second-order valence-corrected chi connectivity index (χ2v) is 4.99. The van der Waals surface area contributed by atoms with Crippen LogP contribution in [-0.4, -0.2) is 28.6 Å². The molecule has 3 nitrogen and oxygen atoms in total. The summed E-state index contributed by atoms with van der Waals surface area (Å²) in [6.45, 7) is 8.14. The Labute approximate surface area is 109 Å². The van der Waals surface area contributed by atoms with Crippen molar-refractivity contribution in [3.05, 3.63) is 35.4 Å². The van der Waals surface area contributed by atoms with E-state index in [-0.39, 0.29) is 6.42 Å². The first-order valence-corrected chi connectivity index (χ1v) is 6.51. The van der Waals surface area contributed by atoms with Crippen LogP contribution in [0.15, 0.2) is 24.3 Å². The van der Waals surface area contributed by atoms with Crippen molar-refractivity contribution in [2.24, 2.45) is 0 Å². The van der Waals surface area contributed by atoms with E-state index < -0.39 is 5.97 Å². The summed E-state index contributed by atoms with van der Waals surface area (Å²) in [5.74, 6) is -0.713. The Hall–Kier alpha value is -1.35. The number of benzene rings is 1. The van der Waals surface area contributed by atoms with Gasteiger partial charge >= 0.3 is 5.97 Å². The van der Waals surface area contributed by atoms with Gasteiger partial charge in [0.05, 0.1) is 0 Å². The van der Waals surface area contributed by atoms with E-state index in [9.17, 15) is 4.79 Å². The van der Waals surface area contributed by atoms with Crippen LogP contribution in [0.5, 0.6) is 0 Å². The molecular weight excluding hydrogens is 226 g/mol. The van der Waals surface area contributed by atoms with E-state index in [4.69, 9.17) is 5.11 Å².